The highest BCUT2D eigenvalue weighted by molar-refractivity contribution is 4.76. The van der Waals surface area contributed by atoms with Gasteiger partial charge in [0.15, 0.2) is 0 Å². The lowest BCUT2D eigenvalue weighted by molar-refractivity contribution is 0.218. The normalized spacial score (nSPS) is 39.8. The topological polar surface area (TPSA) is 26.0 Å². The number of alkyl halides is 1. The van der Waals surface area contributed by atoms with E-state index in [2.05, 4.69) is 0 Å². The second-order valence-corrected chi connectivity index (χ2v) is 2.46. The molecule has 0 unspecified atom stereocenters. The molecule has 1 aliphatic rings. The highest BCUT2D eigenvalue weighted by atomic mass is 19.1. The molecule has 0 amide bonds. The number of halogens is 1. The molecule has 0 aliphatic heterocycles. The average molecular weight is 117 g/mol. The van der Waals surface area contributed by atoms with Crippen LogP contribution >= 0.6 is 0 Å². The molecule has 0 aromatic heterocycles. The maximum Gasteiger partial charge on any atom is 0.115 e. The molecule has 1 fully saturated rings. The fraction of sp³-hybridized carbons (Fsp3) is 1.00. The number of hydrogen-bond donors (Lipinski definition) is 1. The van der Waals surface area contributed by atoms with Crippen LogP contribution in [0.25, 0.3) is 0 Å². The van der Waals surface area contributed by atoms with Gasteiger partial charge in [0.2, 0.25) is 0 Å². The summed E-state index contributed by atoms with van der Waals surface area (Å²) in [4.78, 5) is 0. The first-order valence-corrected chi connectivity index (χ1v) is 3.20. The van der Waals surface area contributed by atoms with Crippen LogP contribution in [0.15, 0.2) is 0 Å². The zero-order chi connectivity index (χ0) is 5.98. The molecule has 0 aromatic carbocycles. The smallest absolute Gasteiger partial charge is 0.115 e. The van der Waals surface area contributed by atoms with Crippen LogP contribution in [0.1, 0.15) is 25.7 Å². The highest BCUT2D eigenvalue weighted by Crippen LogP contribution is 2.18. The van der Waals surface area contributed by atoms with Gasteiger partial charge in [-0.05, 0) is 12.8 Å². The van der Waals surface area contributed by atoms with Gasteiger partial charge in [0.1, 0.15) is 6.17 Å². The van der Waals surface area contributed by atoms with Gasteiger partial charge in [-0.1, -0.05) is 12.8 Å². The summed E-state index contributed by atoms with van der Waals surface area (Å²) in [7, 11) is 0. The molecule has 8 heavy (non-hydrogen) atoms. The van der Waals surface area contributed by atoms with Crippen molar-refractivity contribution in [1.82, 2.24) is 0 Å². The molecular weight excluding hydrogens is 105 g/mol. The number of hydrogen-bond acceptors (Lipinski definition) is 1. The van der Waals surface area contributed by atoms with E-state index < -0.39 is 6.17 Å². The lowest BCUT2D eigenvalue weighted by Gasteiger charge is -2.21. The van der Waals surface area contributed by atoms with Crippen molar-refractivity contribution >= 4 is 0 Å². The zero-order valence-electron chi connectivity index (χ0n) is 4.94. The second kappa shape index (κ2) is 2.44. The molecule has 1 aliphatic carbocycles. The first kappa shape index (κ1) is 6.02. The van der Waals surface area contributed by atoms with Gasteiger partial charge < -0.3 is 5.73 Å². The van der Waals surface area contributed by atoms with E-state index in [-0.39, 0.29) is 6.04 Å². The van der Waals surface area contributed by atoms with E-state index in [9.17, 15) is 4.39 Å². The average Bonchev–Trinajstić information content (AvgIpc) is 1.77. The standard InChI is InChI=1S/C6H12FN/c7-5-3-1-2-4-6(5)8/h5-6H,1-4,8H2/t5-,6-/m0/s1. The summed E-state index contributed by atoms with van der Waals surface area (Å²) in [5.41, 5.74) is 5.40. The fourth-order valence-electron chi connectivity index (χ4n) is 1.11. The fourth-order valence-corrected chi connectivity index (χ4v) is 1.11. The van der Waals surface area contributed by atoms with Crippen LogP contribution < -0.4 is 5.73 Å². The molecule has 0 aromatic rings. The van der Waals surface area contributed by atoms with Gasteiger partial charge in [-0.15, -0.1) is 0 Å². The Bertz CT molecular complexity index is 64.9. The van der Waals surface area contributed by atoms with E-state index in [0.29, 0.717) is 6.42 Å². The van der Waals surface area contributed by atoms with Crippen molar-refractivity contribution in [3.63, 3.8) is 0 Å². The molecule has 1 saturated carbocycles. The Labute approximate surface area is 49.1 Å². The van der Waals surface area contributed by atoms with Crippen LogP contribution in [0.4, 0.5) is 4.39 Å². The van der Waals surface area contributed by atoms with Gasteiger partial charge in [0, 0.05) is 6.04 Å². The summed E-state index contributed by atoms with van der Waals surface area (Å²) in [5.74, 6) is 0. The Morgan fingerprint density at radius 3 is 2.25 bits per heavy atom. The molecule has 2 N–H and O–H groups in total. The lowest BCUT2D eigenvalue weighted by Crippen LogP contribution is -2.34. The minimum absolute atomic E-state index is 0.163. The van der Waals surface area contributed by atoms with E-state index in [1.54, 1.807) is 0 Å². The Morgan fingerprint density at radius 2 is 1.88 bits per heavy atom. The molecular formula is C6H12FN. The molecule has 48 valence electrons. The maximum absolute atomic E-state index is 12.5. The molecule has 1 nitrogen and oxygen atoms in total. The van der Waals surface area contributed by atoms with Crippen molar-refractivity contribution in [1.29, 1.82) is 0 Å². The van der Waals surface area contributed by atoms with Crippen molar-refractivity contribution in [2.75, 3.05) is 0 Å². The van der Waals surface area contributed by atoms with Crippen molar-refractivity contribution < 1.29 is 4.39 Å². The summed E-state index contributed by atoms with van der Waals surface area (Å²) >= 11 is 0. The minimum atomic E-state index is -0.719. The van der Waals surface area contributed by atoms with Gasteiger partial charge in [-0.25, -0.2) is 4.39 Å². The number of rotatable bonds is 0. The Morgan fingerprint density at radius 1 is 1.25 bits per heavy atom. The second-order valence-electron chi connectivity index (χ2n) is 2.46. The van der Waals surface area contributed by atoms with E-state index in [0.717, 1.165) is 19.3 Å². The summed E-state index contributed by atoms with van der Waals surface area (Å²) in [6.07, 6.45) is 2.97. The third kappa shape index (κ3) is 1.19. The highest BCUT2D eigenvalue weighted by Gasteiger charge is 2.19. The Balaban J connectivity index is 2.28. The Kier molecular flexibility index (Phi) is 1.84. The molecule has 0 heterocycles. The van der Waals surface area contributed by atoms with Gasteiger partial charge in [-0.3, -0.25) is 0 Å². The van der Waals surface area contributed by atoms with Crippen molar-refractivity contribution in [2.24, 2.45) is 5.73 Å². The molecule has 0 spiro atoms. The van der Waals surface area contributed by atoms with E-state index in [4.69, 9.17) is 5.73 Å². The minimum Gasteiger partial charge on any atom is -0.325 e. The predicted molar refractivity (Wildman–Crippen MR) is 31.3 cm³/mol. The molecule has 0 saturated heterocycles. The summed E-state index contributed by atoms with van der Waals surface area (Å²) < 4.78 is 12.5. The molecule has 0 radical (unpaired) electrons. The van der Waals surface area contributed by atoms with E-state index in [1.165, 1.54) is 0 Å². The molecule has 1 rings (SSSR count). The van der Waals surface area contributed by atoms with Crippen LogP contribution in [0.2, 0.25) is 0 Å². The van der Waals surface area contributed by atoms with Crippen molar-refractivity contribution in [2.45, 2.75) is 37.9 Å². The van der Waals surface area contributed by atoms with Crippen molar-refractivity contribution in [3.8, 4) is 0 Å². The van der Waals surface area contributed by atoms with Gasteiger partial charge >= 0.3 is 0 Å². The van der Waals surface area contributed by atoms with Crippen molar-refractivity contribution in [3.05, 3.63) is 0 Å². The summed E-state index contributed by atoms with van der Waals surface area (Å²) in [5, 5.41) is 0. The van der Waals surface area contributed by atoms with Crippen LogP contribution in [-0.2, 0) is 0 Å². The summed E-state index contributed by atoms with van der Waals surface area (Å²) in [6.45, 7) is 0. The van der Waals surface area contributed by atoms with Crippen LogP contribution in [0.5, 0.6) is 0 Å². The maximum atomic E-state index is 12.5. The van der Waals surface area contributed by atoms with Crippen LogP contribution in [0, 0.1) is 0 Å². The Hall–Kier alpha value is -0.110. The first-order valence-electron chi connectivity index (χ1n) is 3.20. The third-order valence-electron chi connectivity index (χ3n) is 1.73. The number of nitrogens with two attached hydrogens (primary N) is 1. The summed E-state index contributed by atoms with van der Waals surface area (Å²) in [6, 6.07) is -0.163. The molecule has 2 heteroatoms. The molecule has 0 bridgehead atoms. The molecule has 2 atom stereocenters. The van der Waals surface area contributed by atoms with E-state index >= 15 is 0 Å². The van der Waals surface area contributed by atoms with Gasteiger partial charge in [0.25, 0.3) is 0 Å². The first-order chi connectivity index (χ1) is 3.80. The predicted octanol–water partition coefficient (Wildman–Crippen LogP) is 1.23. The van der Waals surface area contributed by atoms with Gasteiger partial charge in [0.05, 0.1) is 0 Å². The monoisotopic (exact) mass is 117 g/mol. The van der Waals surface area contributed by atoms with Crippen LogP contribution in [-0.4, -0.2) is 12.2 Å². The van der Waals surface area contributed by atoms with Gasteiger partial charge in [-0.2, -0.15) is 0 Å². The largest absolute Gasteiger partial charge is 0.325 e. The van der Waals surface area contributed by atoms with E-state index in [1.807, 2.05) is 0 Å². The SMILES string of the molecule is N[C@H]1CCCC[C@@H]1F. The third-order valence-corrected chi connectivity index (χ3v) is 1.73. The van der Waals surface area contributed by atoms with Crippen LogP contribution in [0.3, 0.4) is 0 Å². The lowest BCUT2D eigenvalue weighted by atomic mass is 9.95. The quantitative estimate of drug-likeness (QED) is 0.507. The zero-order valence-corrected chi connectivity index (χ0v) is 4.94.